The molecule has 0 fully saturated rings. The van der Waals surface area contributed by atoms with E-state index in [1.807, 2.05) is 26.0 Å². The zero-order chi connectivity index (χ0) is 9.26. The second-order valence-electron chi connectivity index (χ2n) is 2.80. The van der Waals surface area contributed by atoms with Gasteiger partial charge in [0.15, 0.2) is 5.82 Å². The largest absolute Gasteiger partial charge is 0.259 e. The standard InChI is InChI=1S/C8H9N5/c1-6-3-4-8(5-9-6)13-7(2)10-11-12-13/h3-5H,1-2H3. The fourth-order valence-electron chi connectivity index (χ4n) is 1.06. The summed E-state index contributed by atoms with van der Waals surface area (Å²) in [5.74, 6) is 0.755. The van der Waals surface area contributed by atoms with Crippen molar-refractivity contribution in [3.63, 3.8) is 0 Å². The van der Waals surface area contributed by atoms with Gasteiger partial charge in [-0.15, -0.1) is 5.10 Å². The highest BCUT2D eigenvalue weighted by Crippen LogP contribution is 2.05. The Bertz CT molecular complexity index is 403. The van der Waals surface area contributed by atoms with E-state index < -0.39 is 0 Å². The Morgan fingerprint density at radius 1 is 1.23 bits per heavy atom. The Morgan fingerprint density at radius 2 is 2.08 bits per heavy atom. The van der Waals surface area contributed by atoms with E-state index in [1.165, 1.54) is 0 Å². The zero-order valence-corrected chi connectivity index (χ0v) is 7.47. The van der Waals surface area contributed by atoms with Gasteiger partial charge in [-0.1, -0.05) is 0 Å². The molecule has 0 amide bonds. The van der Waals surface area contributed by atoms with E-state index in [-0.39, 0.29) is 0 Å². The maximum atomic E-state index is 4.16. The molecule has 0 aliphatic rings. The molecule has 0 unspecified atom stereocenters. The average Bonchev–Trinajstić information content (AvgIpc) is 2.53. The molecular weight excluding hydrogens is 166 g/mol. The monoisotopic (exact) mass is 175 g/mol. The average molecular weight is 175 g/mol. The molecule has 0 saturated carbocycles. The van der Waals surface area contributed by atoms with Crippen LogP contribution in [0.3, 0.4) is 0 Å². The van der Waals surface area contributed by atoms with E-state index in [1.54, 1.807) is 10.9 Å². The van der Waals surface area contributed by atoms with Crippen molar-refractivity contribution < 1.29 is 0 Å². The van der Waals surface area contributed by atoms with Crippen molar-refractivity contribution >= 4 is 0 Å². The number of rotatable bonds is 1. The summed E-state index contributed by atoms with van der Waals surface area (Å²) in [5.41, 5.74) is 1.86. The summed E-state index contributed by atoms with van der Waals surface area (Å²) < 4.78 is 1.65. The van der Waals surface area contributed by atoms with Gasteiger partial charge in [-0.2, -0.15) is 4.68 Å². The van der Waals surface area contributed by atoms with Crippen LogP contribution in [-0.4, -0.2) is 25.2 Å². The highest BCUT2D eigenvalue weighted by molar-refractivity contribution is 5.28. The molecule has 0 spiro atoms. The molecule has 0 N–H and O–H groups in total. The van der Waals surface area contributed by atoms with Gasteiger partial charge in [0.05, 0.1) is 11.9 Å². The van der Waals surface area contributed by atoms with Crippen LogP contribution < -0.4 is 0 Å². The lowest BCUT2D eigenvalue weighted by atomic mass is 10.3. The van der Waals surface area contributed by atoms with Crippen molar-refractivity contribution in [3.8, 4) is 5.69 Å². The lowest BCUT2D eigenvalue weighted by Crippen LogP contribution is -2.00. The quantitative estimate of drug-likeness (QED) is 0.639. The van der Waals surface area contributed by atoms with E-state index in [2.05, 4.69) is 20.5 Å². The van der Waals surface area contributed by atoms with Crippen LogP contribution in [0.4, 0.5) is 0 Å². The number of nitrogens with zero attached hydrogens (tertiary/aromatic N) is 5. The van der Waals surface area contributed by atoms with E-state index in [0.29, 0.717) is 0 Å². The zero-order valence-electron chi connectivity index (χ0n) is 7.47. The lowest BCUT2D eigenvalue weighted by molar-refractivity contribution is 0.775. The minimum absolute atomic E-state index is 0.755. The van der Waals surface area contributed by atoms with Crippen LogP contribution in [0.25, 0.3) is 5.69 Å². The van der Waals surface area contributed by atoms with Crippen molar-refractivity contribution in [1.82, 2.24) is 25.2 Å². The van der Waals surface area contributed by atoms with Crippen molar-refractivity contribution in [2.24, 2.45) is 0 Å². The third kappa shape index (κ3) is 1.40. The number of aromatic nitrogens is 5. The summed E-state index contributed by atoms with van der Waals surface area (Å²) in [6, 6.07) is 3.86. The highest BCUT2D eigenvalue weighted by atomic mass is 15.5. The van der Waals surface area contributed by atoms with Crippen LogP contribution in [0.1, 0.15) is 11.5 Å². The molecule has 66 valence electrons. The van der Waals surface area contributed by atoms with Gasteiger partial charge in [0.25, 0.3) is 0 Å². The van der Waals surface area contributed by atoms with Gasteiger partial charge in [0.1, 0.15) is 0 Å². The van der Waals surface area contributed by atoms with E-state index in [0.717, 1.165) is 17.2 Å². The third-order valence-corrected chi connectivity index (χ3v) is 1.77. The fraction of sp³-hybridized carbons (Fsp3) is 0.250. The van der Waals surface area contributed by atoms with Gasteiger partial charge in [0, 0.05) is 5.69 Å². The number of aryl methyl sites for hydroxylation is 2. The summed E-state index contributed by atoms with van der Waals surface area (Å²) in [6.45, 7) is 3.79. The van der Waals surface area contributed by atoms with Gasteiger partial charge in [0.2, 0.25) is 0 Å². The maximum absolute atomic E-state index is 4.16. The SMILES string of the molecule is Cc1ccc(-n2nnnc2C)cn1. The number of tetrazole rings is 1. The Morgan fingerprint density at radius 3 is 2.62 bits per heavy atom. The van der Waals surface area contributed by atoms with E-state index >= 15 is 0 Å². The molecular formula is C8H9N5. The molecule has 5 heteroatoms. The molecule has 0 atom stereocenters. The second-order valence-corrected chi connectivity index (χ2v) is 2.80. The van der Waals surface area contributed by atoms with Crippen LogP contribution in [0, 0.1) is 13.8 Å². The first-order valence-corrected chi connectivity index (χ1v) is 3.95. The molecule has 2 aromatic rings. The molecule has 0 aliphatic heterocycles. The molecule has 0 saturated heterocycles. The first-order valence-electron chi connectivity index (χ1n) is 3.95. The smallest absolute Gasteiger partial charge is 0.153 e. The van der Waals surface area contributed by atoms with Crippen LogP contribution in [-0.2, 0) is 0 Å². The Kier molecular flexibility index (Phi) is 1.77. The molecule has 0 aromatic carbocycles. The fourth-order valence-corrected chi connectivity index (χ4v) is 1.06. The van der Waals surface area contributed by atoms with Crippen LogP contribution in [0.2, 0.25) is 0 Å². The molecule has 2 aromatic heterocycles. The Hall–Kier alpha value is -1.78. The molecule has 2 heterocycles. The molecule has 0 radical (unpaired) electrons. The summed E-state index contributed by atoms with van der Waals surface area (Å²) in [5, 5.41) is 11.2. The molecule has 13 heavy (non-hydrogen) atoms. The van der Waals surface area contributed by atoms with Crippen molar-refractivity contribution in [1.29, 1.82) is 0 Å². The normalized spacial score (nSPS) is 10.3. The summed E-state index contributed by atoms with van der Waals surface area (Å²) >= 11 is 0. The van der Waals surface area contributed by atoms with Crippen LogP contribution in [0.5, 0.6) is 0 Å². The van der Waals surface area contributed by atoms with E-state index in [9.17, 15) is 0 Å². The predicted octanol–water partition coefficient (Wildman–Crippen LogP) is 0.674. The number of hydrogen-bond acceptors (Lipinski definition) is 4. The van der Waals surface area contributed by atoms with Crippen LogP contribution in [0.15, 0.2) is 18.3 Å². The van der Waals surface area contributed by atoms with Crippen LogP contribution >= 0.6 is 0 Å². The minimum atomic E-state index is 0.755. The van der Waals surface area contributed by atoms with Crippen molar-refractivity contribution in [2.75, 3.05) is 0 Å². The summed E-state index contributed by atoms with van der Waals surface area (Å²) in [4.78, 5) is 4.16. The Balaban J connectivity index is 2.47. The minimum Gasteiger partial charge on any atom is -0.259 e. The Labute approximate surface area is 75.4 Å². The van der Waals surface area contributed by atoms with Crippen molar-refractivity contribution in [3.05, 3.63) is 29.8 Å². The van der Waals surface area contributed by atoms with Gasteiger partial charge < -0.3 is 0 Å². The molecule has 0 bridgehead atoms. The second kappa shape index (κ2) is 2.93. The predicted molar refractivity (Wildman–Crippen MR) is 46.4 cm³/mol. The maximum Gasteiger partial charge on any atom is 0.153 e. The van der Waals surface area contributed by atoms with Gasteiger partial charge in [-0.3, -0.25) is 4.98 Å². The molecule has 0 aliphatic carbocycles. The van der Waals surface area contributed by atoms with Gasteiger partial charge in [-0.05, 0) is 36.4 Å². The number of pyridine rings is 1. The summed E-state index contributed by atoms with van der Waals surface area (Å²) in [7, 11) is 0. The first kappa shape index (κ1) is 7.85. The lowest BCUT2D eigenvalue weighted by Gasteiger charge is -2.00. The highest BCUT2D eigenvalue weighted by Gasteiger charge is 2.02. The van der Waals surface area contributed by atoms with Gasteiger partial charge in [-0.25, -0.2) is 0 Å². The third-order valence-electron chi connectivity index (χ3n) is 1.77. The first-order chi connectivity index (χ1) is 6.27. The van der Waals surface area contributed by atoms with E-state index in [4.69, 9.17) is 0 Å². The van der Waals surface area contributed by atoms with Gasteiger partial charge >= 0.3 is 0 Å². The number of hydrogen-bond donors (Lipinski definition) is 0. The summed E-state index contributed by atoms with van der Waals surface area (Å²) in [6.07, 6.45) is 1.75. The molecule has 5 nitrogen and oxygen atoms in total. The van der Waals surface area contributed by atoms with Crippen molar-refractivity contribution in [2.45, 2.75) is 13.8 Å². The molecule has 2 rings (SSSR count). The topological polar surface area (TPSA) is 56.5 Å².